The lowest BCUT2D eigenvalue weighted by atomic mass is 9.79. The van der Waals surface area contributed by atoms with Gasteiger partial charge in [-0.25, -0.2) is 9.50 Å². The number of fused-ring (bicyclic) bond motifs is 1. The predicted octanol–water partition coefficient (Wildman–Crippen LogP) is 3.52. The SMILES string of the molecule is Cc1nn2cccnc2c1C(=O)NC(C)CC(C)(C)c1ccccc1. The van der Waals surface area contributed by atoms with Crippen LogP contribution in [0.15, 0.2) is 48.8 Å². The van der Waals surface area contributed by atoms with E-state index in [1.807, 2.05) is 32.0 Å². The second kappa shape index (κ2) is 6.67. The molecule has 1 aromatic carbocycles. The molecule has 1 N–H and O–H groups in total. The van der Waals surface area contributed by atoms with E-state index in [0.717, 1.165) is 6.42 Å². The molecular formula is C20H24N4O. The average Bonchev–Trinajstić information content (AvgIpc) is 2.90. The van der Waals surface area contributed by atoms with Crippen LogP contribution in [0.5, 0.6) is 0 Å². The Labute approximate surface area is 148 Å². The molecule has 5 nitrogen and oxygen atoms in total. The monoisotopic (exact) mass is 336 g/mol. The first-order chi connectivity index (χ1) is 11.9. The second-order valence-electron chi connectivity index (χ2n) is 7.18. The largest absolute Gasteiger partial charge is 0.349 e. The maximum atomic E-state index is 12.8. The lowest BCUT2D eigenvalue weighted by molar-refractivity contribution is 0.0935. The van der Waals surface area contributed by atoms with Gasteiger partial charge in [-0.3, -0.25) is 4.79 Å². The van der Waals surface area contributed by atoms with Crippen LogP contribution >= 0.6 is 0 Å². The Morgan fingerprint density at radius 1 is 1.24 bits per heavy atom. The van der Waals surface area contributed by atoms with Crippen molar-refractivity contribution in [2.75, 3.05) is 0 Å². The minimum atomic E-state index is -0.123. The van der Waals surface area contributed by atoms with E-state index in [0.29, 0.717) is 16.9 Å². The summed E-state index contributed by atoms with van der Waals surface area (Å²) in [5.74, 6) is -0.123. The van der Waals surface area contributed by atoms with Crippen molar-refractivity contribution in [2.24, 2.45) is 0 Å². The third-order valence-electron chi connectivity index (χ3n) is 4.55. The number of hydrogen-bond donors (Lipinski definition) is 1. The first-order valence-corrected chi connectivity index (χ1v) is 8.55. The molecule has 3 rings (SSSR count). The van der Waals surface area contributed by atoms with Crippen LogP contribution in [0.25, 0.3) is 5.65 Å². The molecule has 0 aliphatic carbocycles. The topological polar surface area (TPSA) is 59.3 Å². The van der Waals surface area contributed by atoms with Gasteiger partial charge in [0.1, 0.15) is 5.56 Å². The van der Waals surface area contributed by atoms with Crippen LogP contribution in [-0.4, -0.2) is 26.5 Å². The number of rotatable bonds is 5. The van der Waals surface area contributed by atoms with Crippen LogP contribution in [-0.2, 0) is 5.41 Å². The second-order valence-corrected chi connectivity index (χ2v) is 7.18. The number of nitrogens with zero attached hydrogens (tertiary/aromatic N) is 3. The van der Waals surface area contributed by atoms with E-state index in [4.69, 9.17) is 0 Å². The van der Waals surface area contributed by atoms with E-state index in [9.17, 15) is 4.79 Å². The lowest BCUT2D eigenvalue weighted by Crippen LogP contribution is -2.37. The van der Waals surface area contributed by atoms with E-state index in [1.165, 1.54) is 5.56 Å². The normalized spacial score (nSPS) is 13.0. The molecule has 2 aromatic heterocycles. The van der Waals surface area contributed by atoms with Crippen LogP contribution in [0.4, 0.5) is 0 Å². The number of nitrogens with one attached hydrogen (secondary N) is 1. The van der Waals surface area contributed by atoms with Crippen molar-refractivity contribution >= 4 is 11.6 Å². The summed E-state index contributed by atoms with van der Waals surface area (Å²) >= 11 is 0. The number of amides is 1. The summed E-state index contributed by atoms with van der Waals surface area (Å²) in [4.78, 5) is 17.1. The van der Waals surface area contributed by atoms with Gasteiger partial charge < -0.3 is 5.32 Å². The highest BCUT2D eigenvalue weighted by Gasteiger charge is 2.25. The van der Waals surface area contributed by atoms with E-state index in [2.05, 4.69) is 41.4 Å². The fourth-order valence-corrected chi connectivity index (χ4v) is 3.38. The Bertz CT molecular complexity index is 883. The summed E-state index contributed by atoms with van der Waals surface area (Å²) in [5.41, 5.74) is 3.06. The minimum Gasteiger partial charge on any atom is -0.349 e. The van der Waals surface area contributed by atoms with Crippen molar-refractivity contribution in [1.82, 2.24) is 19.9 Å². The van der Waals surface area contributed by atoms with E-state index in [-0.39, 0.29) is 17.4 Å². The third kappa shape index (κ3) is 3.55. The Balaban J connectivity index is 1.75. The fraction of sp³-hybridized carbons (Fsp3) is 0.350. The molecule has 1 amide bonds. The Morgan fingerprint density at radius 2 is 1.96 bits per heavy atom. The van der Waals surface area contributed by atoms with Gasteiger partial charge in [-0.2, -0.15) is 5.10 Å². The maximum Gasteiger partial charge on any atom is 0.257 e. The van der Waals surface area contributed by atoms with Crippen molar-refractivity contribution in [2.45, 2.75) is 45.6 Å². The lowest BCUT2D eigenvalue weighted by Gasteiger charge is -2.29. The number of carbonyl (C=O) groups excluding carboxylic acids is 1. The van der Waals surface area contributed by atoms with Crippen LogP contribution in [0.2, 0.25) is 0 Å². The van der Waals surface area contributed by atoms with E-state index >= 15 is 0 Å². The molecule has 0 fully saturated rings. The highest BCUT2D eigenvalue weighted by atomic mass is 16.1. The summed E-state index contributed by atoms with van der Waals surface area (Å²) in [6.07, 6.45) is 4.32. The standard InChI is InChI=1S/C20H24N4O/c1-14(13-20(3,4)16-9-6-5-7-10-16)22-19(25)17-15(2)23-24-12-8-11-21-18(17)24/h5-12,14H,13H2,1-4H3,(H,22,25). The zero-order chi connectivity index (χ0) is 18.0. The molecule has 0 aliphatic heterocycles. The van der Waals surface area contributed by atoms with E-state index < -0.39 is 0 Å². The molecule has 0 saturated heterocycles. The predicted molar refractivity (Wildman–Crippen MR) is 98.7 cm³/mol. The summed E-state index contributed by atoms with van der Waals surface area (Å²) < 4.78 is 1.64. The molecule has 5 heteroatoms. The van der Waals surface area contributed by atoms with Crippen molar-refractivity contribution in [3.8, 4) is 0 Å². The molecule has 0 saturated carbocycles. The Hall–Kier alpha value is -2.69. The van der Waals surface area contributed by atoms with Gasteiger partial charge in [0.15, 0.2) is 5.65 Å². The molecule has 0 spiro atoms. The molecule has 1 atom stereocenters. The molecule has 3 aromatic rings. The van der Waals surface area contributed by atoms with Gasteiger partial charge in [0, 0.05) is 18.4 Å². The number of aryl methyl sites for hydroxylation is 1. The van der Waals surface area contributed by atoms with E-state index in [1.54, 1.807) is 23.0 Å². The van der Waals surface area contributed by atoms with Crippen LogP contribution in [0.1, 0.15) is 48.8 Å². The average molecular weight is 336 g/mol. The summed E-state index contributed by atoms with van der Waals surface area (Å²) in [6, 6.07) is 12.2. The van der Waals surface area contributed by atoms with Gasteiger partial charge in [0.05, 0.1) is 5.69 Å². The molecule has 0 radical (unpaired) electrons. The third-order valence-corrected chi connectivity index (χ3v) is 4.55. The van der Waals surface area contributed by atoms with Crippen molar-refractivity contribution < 1.29 is 4.79 Å². The number of benzene rings is 1. The van der Waals surface area contributed by atoms with Crippen LogP contribution in [0, 0.1) is 6.92 Å². The summed E-state index contributed by atoms with van der Waals surface area (Å²) in [6.45, 7) is 8.28. The van der Waals surface area contributed by atoms with Crippen LogP contribution in [0.3, 0.4) is 0 Å². The quantitative estimate of drug-likeness (QED) is 0.775. The smallest absolute Gasteiger partial charge is 0.257 e. The molecular weight excluding hydrogens is 312 g/mol. The molecule has 0 bridgehead atoms. The van der Waals surface area contributed by atoms with Gasteiger partial charge in [-0.15, -0.1) is 0 Å². The molecule has 130 valence electrons. The summed E-state index contributed by atoms with van der Waals surface area (Å²) in [7, 11) is 0. The summed E-state index contributed by atoms with van der Waals surface area (Å²) in [5, 5.41) is 7.47. The van der Waals surface area contributed by atoms with Crippen molar-refractivity contribution in [3.63, 3.8) is 0 Å². The zero-order valence-electron chi connectivity index (χ0n) is 15.2. The van der Waals surface area contributed by atoms with Gasteiger partial charge in [0.2, 0.25) is 0 Å². The highest BCUT2D eigenvalue weighted by molar-refractivity contribution is 6.01. The van der Waals surface area contributed by atoms with Crippen molar-refractivity contribution in [3.05, 3.63) is 65.6 Å². The van der Waals surface area contributed by atoms with Crippen molar-refractivity contribution in [1.29, 1.82) is 0 Å². The minimum absolute atomic E-state index is 0.0255. The number of hydrogen-bond acceptors (Lipinski definition) is 3. The van der Waals surface area contributed by atoms with Gasteiger partial charge in [-0.1, -0.05) is 44.2 Å². The molecule has 25 heavy (non-hydrogen) atoms. The van der Waals surface area contributed by atoms with Gasteiger partial charge in [0.25, 0.3) is 5.91 Å². The van der Waals surface area contributed by atoms with Gasteiger partial charge in [-0.05, 0) is 37.3 Å². The van der Waals surface area contributed by atoms with Crippen LogP contribution < -0.4 is 5.32 Å². The fourth-order valence-electron chi connectivity index (χ4n) is 3.38. The molecule has 1 unspecified atom stereocenters. The first kappa shape index (κ1) is 17.1. The number of carbonyl (C=O) groups is 1. The maximum absolute atomic E-state index is 12.8. The molecule has 0 aliphatic rings. The van der Waals surface area contributed by atoms with Gasteiger partial charge >= 0.3 is 0 Å². The zero-order valence-corrected chi connectivity index (χ0v) is 15.2. The Morgan fingerprint density at radius 3 is 2.68 bits per heavy atom. The molecule has 2 heterocycles. The highest BCUT2D eigenvalue weighted by Crippen LogP contribution is 2.28. The first-order valence-electron chi connectivity index (χ1n) is 8.55. The Kier molecular flexibility index (Phi) is 4.57. The number of aromatic nitrogens is 3.